The number of carbonyl (C=O) groups excluding carboxylic acids is 2. The maximum Gasteiger partial charge on any atom is 0.337 e. The number of methoxy groups -OCH3 is 1. The second-order valence-corrected chi connectivity index (χ2v) is 8.61. The Hall–Kier alpha value is -2.45. The van der Waals surface area contributed by atoms with Crippen molar-refractivity contribution in [1.29, 1.82) is 0 Å². The third kappa shape index (κ3) is 5.07. The van der Waals surface area contributed by atoms with Crippen molar-refractivity contribution < 1.29 is 18.8 Å². The van der Waals surface area contributed by atoms with Gasteiger partial charge in [-0.05, 0) is 68.5 Å². The molecule has 1 N–H and O–H groups in total. The molecule has 2 aliphatic rings. The first-order chi connectivity index (χ1) is 15.0. The van der Waals surface area contributed by atoms with E-state index in [0.29, 0.717) is 40.5 Å². The second kappa shape index (κ2) is 9.78. The average molecular weight is 447 g/mol. The average Bonchev–Trinajstić information content (AvgIpc) is 3.27. The number of carbonyl (C=O) groups is 2. The molecule has 31 heavy (non-hydrogen) atoms. The molecule has 9 heteroatoms. The maximum atomic E-state index is 12.6. The molecule has 2 atom stereocenters. The summed E-state index contributed by atoms with van der Waals surface area (Å²) in [4.78, 5) is 31.1. The van der Waals surface area contributed by atoms with E-state index in [-0.39, 0.29) is 18.2 Å². The van der Waals surface area contributed by atoms with Crippen molar-refractivity contribution in [3.63, 3.8) is 0 Å². The standard InChI is InChI=1S/C22H27ClN4O4/c1-30-22(29)14-7-8-17(23)16(11-14)12-19-25-21(31-26-19)20(28)24-13-15-5-4-10-27-9-3-2-6-18(15)27/h7-8,11,15,18H,2-6,9-10,12-13H2,1H3,(H,24,28)/t15-,18-/m1/s1. The molecule has 0 saturated carbocycles. The molecule has 2 aliphatic heterocycles. The van der Waals surface area contributed by atoms with Crippen molar-refractivity contribution >= 4 is 23.5 Å². The van der Waals surface area contributed by atoms with Gasteiger partial charge in [-0.1, -0.05) is 23.2 Å². The second-order valence-electron chi connectivity index (χ2n) is 8.20. The predicted octanol–water partition coefficient (Wildman–Crippen LogP) is 3.09. The first-order valence-electron chi connectivity index (χ1n) is 10.8. The lowest BCUT2D eigenvalue weighted by molar-refractivity contribution is 0.0569. The smallest absolute Gasteiger partial charge is 0.337 e. The van der Waals surface area contributed by atoms with E-state index in [1.807, 2.05) is 0 Å². The topological polar surface area (TPSA) is 97.6 Å². The fraction of sp³-hybridized carbons (Fsp3) is 0.545. The number of ether oxygens (including phenoxy) is 1. The molecule has 0 radical (unpaired) electrons. The number of aromatic nitrogens is 2. The SMILES string of the molecule is COC(=O)c1ccc(Cl)c(Cc2noc(C(=O)NC[C@H]3CCCN4CCCC[C@H]34)n2)c1. The number of piperidine rings is 2. The molecular weight excluding hydrogens is 420 g/mol. The molecule has 0 unspecified atom stereocenters. The van der Waals surface area contributed by atoms with E-state index in [0.717, 1.165) is 6.42 Å². The highest BCUT2D eigenvalue weighted by Crippen LogP contribution is 2.30. The van der Waals surface area contributed by atoms with Crippen molar-refractivity contribution in [3.8, 4) is 0 Å². The summed E-state index contributed by atoms with van der Waals surface area (Å²) in [6.45, 7) is 2.95. The number of amides is 1. The Morgan fingerprint density at radius 3 is 2.94 bits per heavy atom. The summed E-state index contributed by atoms with van der Waals surface area (Å²) in [6, 6.07) is 5.40. The van der Waals surface area contributed by atoms with Gasteiger partial charge >= 0.3 is 17.8 Å². The van der Waals surface area contributed by atoms with Gasteiger partial charge in [0, 0.05) is 24.0 Å². The molecule has 2 fully saturated rings. The number of nitrogens with zero attached hydrogens (tertiary/aromatic N) is 3. The minimum atomic E-state index is -0.453. The minimum absolute atomic E-state index is 0.0634. The zero-order valence-corrected chi connectivity index (χ0v) is 18.4. The van der Waals surface area contributed by atoms with Crippen molar-refractivity contribution in [1.82, 2.24) is 20.4 Å². The van der Waals surface area contributed by atoms with Crippen molar-refractivity contribution in [2.45, 2.75) is 44.6 Å². The van der Waals surface area contributed by atoms with Crippen molar-refractivity contribution in [2.24, 2.45) is 5.92 Å². The highest BCUT2D eigenvalue weighted by Gasteiger charge is 2.33. The quantitative estimate of drug-likeness (QED) is 0.681. The van der Waals surface area contributed by atoms with E-state index in [1.165, 1.54) is 45.9 Å². The van der Waals surface area contributed by atoms with E-state index >= 15 is 0 Å². The molecule has 4 rings (SSSR count). The van der Waals surface area contributed by atoms with Crippen LogP contribution in [0.3, 0.4) is 0 Å². The Balaban J connectivity index is 1.36. The molecule has 3 heterocycles. The minimum Gasteiger partial charge on any atom is -0.465 e. The van der Waals surface area contributed by atoms with Crippen LogP contribution in [0.25, 0.3) is 0 Å². The monoisotopic (exact) mass is 446 g/mol. The summed E-state index contributed by atoms with van der Waals surface area (Å²) in [5, 5.41) is 7.34. The number of halogens is 1. The highest BCUT2D eigenvalue weighted by atomic mass is 35.5. The summed E-state index contributed by atoms with van der Waals surface area (Å²) < 4.78 is 9.90. The predicted molar refractivity (Wildman–Crippen MR) is 114 cm³/mol. The van der Waals surface area contributed by atoms with Gasteiger partial charge in [-0.2, -0.15) is 4.98 Å². The lowest BCUT2D eigenvalue weighted by Gasteiger charge is -2.44. The first kappa shape index (κ1) is 21.8. The van der Waals surface area contributed by atoms with Gasteiger partial charge in [0.15, 0.2) is 5.82 Å². The Kier molecular flexibility index (Phi) is 6.87. The van der Waals surface area contributed by atoms with Gasteiger partial charge < -0.3 is 19.5 Å². The Morgan fingerprint density at radius 2 is 2.10 bits per heavy atom. The van der Waals surface area contributed by atoms with Crippen LogP contribution in [0, 0.1) is 5.92 Å². The fourth-order valence-corrected chi connectivity index (χ4v) is 4.84. The van der Waals surface area contributed by atoms with Crippen molar-refractivity contribution in [2.75, 3.05) is 26.7 Å². The van der Waals surface area contributed by atoms with Crippen LogP contribution < -0.4 is 5.32 Å². The number of benzene rings is 1. The van der Waals surface area contributed by atoms with Crippen LogP contribution in [-0.2, 0) is 11.2 Å². The lowest BCUT2D eigenvalue weighted by atomic mass is 9.83. The van der Waals surface area contributed by atoms with E-state index in [9.17, 15) is 9.59 Å². The van der Waals surface area contributed by atoms with Crippen LogP contribution >= 0.6 is 11.6 Å². The van der Waals surface area contributed by atoms with Crippen molar-refractivity contribution in [3.05, 3.63) is 46.1 Å². The molecule has 0 bridgehead atoms. The summed E-state index contributed by atoms with van der Waals surface area (Å²) in [5.41, 5.74) is 1.03. The van der Waals surface area contributed by atoms with Crippen LogP contribution in [0.5, 0.6) is 0 Å². The molecule has 166 valence electrons. The first-order valence-corrected chi connectivity index (χ1v) is 11.1. The molecule has 1 amide bonds. The zero-order chi connectivity index (χ0) is 21.8. The molecular formula is C22H27ClN4O4. The van der Waals surface area contributed by atoms with Gasteiger partial charge in [0.1, 0.15) is 0 Å². The normalized spacial score (nSPS) is 21.4. The van der Waals surface area contributed by atoms with Crippen LogP contribution in [0.15, 0.2) is 22.7 Å². The highest BCUT2D eigenvalue weighted by molar-refractivity contribution is 6.31. The van der Waals surface area contributed by atoms with Crippen LogP contribution in [0.1, 0.15) is 64.5 Å². The molecule has 0 spiro atoms. The van der Waals surface area contributed by atoms with Gasteiger partial charge in [0.25, 0.3) is 0 Å². The van der Waals surface area contributed by atoms with Crippen LogP contribution in [0.4, 0.5) is 0 Å². The van der Waals surface area contributed by atoms with E-state index in [1.54, 1.807) is 18.2 Å². The van der Waals surface area contributed by atoms with Gasteiger partial charge in [-0.15, -0.1) is 0 Å². The summed E-state index contributed by atoms with van der Waals surface area (Å²) >= 11 is 6.23. The van der Waals surface area contributed by atoms with E-state index in [2.05, 4.69) is 20.4 Å². The molecule has 8 nitrogen and oxygen atoms in total. The molecule has 0 aliphatic carbocycles. The van der Waals surface area contributed by atoms with Gasteiger partial charge in [0.05, 0.1) is 12.7 Å². The van der Waals surface area contributed by atoms with E-state index < -0.39 is 5.97 Å². The number of rotatable bonds is 6. The van der Waals surface area contributed by atoms with Crippen LogP contribution in [-0.4, -0.2) is 59.7 Å². The lowest BCUT2D eigenvalue weighted by Crippen LogP contribution is -2.51. The largest absolute Gasteiger partial charge is 0.465 e. The maximum absolute atomic E-state index is 12.6. The number of nitrogens with one attached hydrogen (secondary N) is 1. The summed E-state index contributed by atoms with van der Waals surface area (Å²) in [7, 11) is 1.32. The summed E-state index contributed by atoms with van der Waals surface area (Å²) in [5.74, 6) is -0.0940. The molecule has 1 aromatic heterocycles. The zero-order valence-electron chi connectivity index (χ0n) is 17.6. The Morgan fingerprint density at radius 1 is 1.26 bits per heavy atom. The van der Waals surface area contributed by atoms with Gasteiger partial charge in [0.2, 0.25) is 0 Å². The molecule has 2 saturated heterocycles. The van der Waals surface area contributed by atoms with Crippen LogP contribution in [0.2, 0.25) is 5.02 Å². The number of hydrogen-bond acceptors (Lipinski definition) is 7. The molecule has 1 aromatic carbocycles. The van der Waals surface area contributed by atoms with E-state index in [4.69, 9.17) is 20.9 Å². The number of esters is 1. The van der Waals surface area contributed by atoms with Gasteiger partial charge in [-0.25, -0.2) is 4.79 Å². The number of hydrogen-bond donors (Lipinski definition) is 1. The summed E-state index contributed by atoms with van der Waals surface area (Å²) in [6.07, 6.45) is 6.28. The molecule has 2 aromatic rings. The van der Waals surface area contributed by atoms with Gasteiger partial charge in [-0.3, -0.25) is 4.79 Å². The Labute approximate surface area is 186 Å². The fourth-order valence-electron chi connectivity index (χ4n) is 4.66. The number of fused-ring (bicyclic) bond motifs is 1. The third-order valence-corrected chi connectivity index (χ3v) is 6.60. The Bertz CT molecular complexity index is 945. The third-order valence-electron chi connectivity index (χ3n) is 6.23.